The molecule has 0 aromatic heterocycles. The lowest BCUT2D eigenvalue weighted by molar-refractivity contribution is -0.129. The van der Waals surface area contributed by atoms with E-state index < -0.39 is 23.8 Å². The van der Waals surface area contributed by atoms with Crippen molar-refractivity contribution in [2.24, 2.45) is 0 Å². The van der Waals surface area contributed by atoms with Gasteiger partial charge in [0, 0.05) is 10.0 Å². The SMILES string of the molecule is CN[C@@H](C)C(=O)N[C@H]1COc2c(F)cccc2N(Cc2c(OC)ccc3cc(Br)ccc23)C1=O.Cl. The topological polar surface area (TPSA) is 79.9 Å². The van der Waals surface area contributed by atoms with Crippen LogP contribution < -0.4 is 25.0 Å². The molecule has 4 rings (SSSR count). The summed E-state index contributed by atoms with van der Waals surface area (Å²) in [5.74, 6) is -0.786. The third kappa shape index (κ3) is 5.37. The highest BCUT2D eigenvalue weighted by atomic mass is 79.9. The summed E-state index contributed by atoms with van der Waals surface area (Å²) in [6, 6.07) is 12.5. The van der Waals surface area contributed by atoms with Gasteiger partial charge in [-0.1, -0.05) is 34.1 Å². The van der Waals surface area contributed by atoms with Gasteiger partial charge in [0.1, 0.15) is 18.4 Å². The van der Waals surface area contributed by atoms with E-state index in [0.717, 1.165) is 20.8 Å². The number of ether oxygens (including phenoxy) is 2. The Labute approximate surface area is 217 Å². The number of para-hydroxylation sites is 1. The maximum atomic E-state index is 14.7. The van der Waals surface area contributed by atoms with Gasteiger partial charge in [-0.05, 0) is 55.1 Å². The molecule has 2 amide bonds. The number of hydrogen-bond acceptors (Lipinski definition) is 5. The fourth-order valence-corrected chi connectivity index (χ4v) is 4.33. The van der Waals surface area contributed by atoms with Gasteiger partial charge in [-0.25, -0.2) is 4.39 Å². The van der Waals surface area contributed by atoms with E-state index in [1.54, 1.807) is 27.1 Å². The van der Waals surface area contributed by atoms with Gasteiger partial charge in [0.15, 0.2) is 11.6 Å². The smallest absolute Gasteiger partial charge is 0.253 e. The highest BCUT2D eigenvalue weighted by Gasteiger charge is 2.35. The van der Waals surface area contributed by atoms with Gasteiger partial charge >= 0.3 is 0 Å². The first kappa shape index (κ1) is 26.7. The first-order valence-electron chi connectivity index (χ1n) is 10.8. The number of hydrogen-bond donors (Lipinski definition) is 2. The minimum atomic E-state index is -0.995. The molecule has 35 heavy (non-hydrogen) atoms. The number of rotatable bonds is 6. The van der Waals surface area contributed by atoms with Gasteiger partial charge in [0.25, 0.3) is 5.91 Å². The van der Waals surface area contributed by atoms with E-state index in [1.807, 2.05) is 30.3 Å². The van der Waals surface area contributed by atoms with Crippen molar-refractivity contribution in [1.29, 1.82) is 0 Å². The quantitative estimate of drug-likeness (QED) is 0.468. The summed E-state index contributed by atoms with van der Waals surface area (Å²) in [5.41, 5.74) is 1.05. The van der Waals surface area contributed by atoms with Crippen molar-refractivity contribution in [1.82, 2.24) is 10.6 Å². The highest BCUT2D eigenvalue weighted by molar-refractivity contribution is 9.10. The van der Waals surface area contributed by atoms with Crippen molar-refractivity contribution in [2.75, 3.05) is 25.7 Å². The average Bonchev–Trinajstić information content (AvgIpc) is 2.96. The van der Waals surface area contributed by atoms with Crippen LogP contribution >= 0.6 is 28.3 Å². The summed E-state index contributed by atoms with van der Waals surface area (Å²) >= 11 is 3.49. The van der Waals surface area contributed by atoms with Crippen molar-refractivity contribution in [3.05, 3.63) is 64.4 Å². The summed E-state index contributed by atoms with van der Waals surface area (Å²) in [4.78, 5) is 27.7. The second-order valence-corrected chi connectivity index (χ2v) is 8.92. The van der Waals surface area contributed by atoms with Gasteiger partial charge < -0.3 is 25.0 Å². The van der Waals surface area contributed by atoms with E-state index >= 15 is 0 Å². The van der Waals surface area contributed by atoms with E-state index in [4.69, 9.17) is 9.47 Å². The van der Waals surface area contributed by atoms with Crippen molar-refractivity contribution < 1.29 is 23.5 Å². The highest BCUT2D eigenvalue weighted by Crippen LogP contribution is 2.38. The number of nitrogens with zero attached hydrogens (tertiary/aromatic N) is 1. The second kappa shape index (κ2) is 11.2. The number of carbonyl (C=O) groups excluding carboxylic acids is 2. The predicted molar refractivity (Wildman–Crippen MR) is 139 cm³/mol. The second-order valence-electron chi connectivity index (χ2n) is 8.01. The fourth-order valence-electron chi connectivity index (χ4n) is 3.95. The van der Waals surface area contributed by atoms with Gasteiger partial charge in [0.2, 0.25) is 5.91 Å². The average molecular weight is 567 g/mol. The molecule has 0 spiro atoms. The van der Waals surface area contributed by atoms with E-state index in [-0.39, 0.29) is 37.2 Å². The zero-order chi connectivity index (χ0) is 24.4. The van der Waals surface area contributed by atoms with Crippen molar-refractivity contribution in [2.45, 2.75) is 25.6 Å². The van der Waals surface area contributed by atoms with E-state index in [1.165, 1.54) is 17.0 Å². The lowest BCUT2D eigenvalue weighted by atomic mass is 10.0. The van der Waals surface area contributed by atoms with Crippen molar-refractivity contribution >= 4 is 56.6 Å². The maximum absolute atomic E-state index is 14.7. The number of nitrogens with one attached hydrogen (secondary N) is 2. The minimum absolute atomic E-state index is 0. The number of methoxy groups -OCH3 is 1. The molecule has 0 bridgehead atoms. The molecule has 0 saturated carbocycles. The van der Waals surface area contributed by atoms with Crippen LogP contribution in [0, 0.1) is 5.82 Å². The molecule has 3 aromatic carbocycles. The molecular formula is C25H26BrClFN3O4. The third-order valence-electron chi connectivity index (χ3n) is 5.92. The van der Waals surface area contributed by atoms with Crippen LogP contribution in [0.5, 0.6) is 11.5 Å². The molecule has 10 heteroatoms. The van der Waals surface area contributed by atoms with Gasteiger partial charge in [-0.2, -0.15) is 0 Å². The van der Waals surface area contributed by atoms with Crippen molar-refractivity contribution in [3.63, 3.8) is 0 Å². The fraction of sp³-hybridized carbons (Fsp3) is 0.280. The van der Waals surface area contributed by atoms with E-state index in [2.05, 4.69) is 26.6 Å². The summed E-state index contributed by atoms with van der Waals surface area (Å²) in [6.07, 6.45) is 0. The Hall–Kier alpha value is -2.88. The Morgan fingerprint density at radius 2 is 2.06 bits per heavy atom. The van der Waals surface area contributed by atoms with Crippen LogP contribution in [-0.4, -0.2) is 44.7 Å². The molecule has 186 valence electrons. The first-order chi connectivity index (χ1) is 16.3. The largest absolute Gasteiger partial charge is 0.496 e. The van der Waals surface area contributed by atoms with Gasteiger partial charge in [-0.3, -0.25) is 9.59 Å². The zero-order valence-electron chi connectivity index (χ0n) is 19.4. The Morgan fingerprint density at radius 3 is 2.77 bits per heavy atom. The molecule has 0 unspecified atom stereocenters. The Morgan fingerprint density at radius 1 is 1.29 bits per heavy atom. The molecule has 1 heterocycles. The standard InChI is InChI=1S/C25H25BrFN3O4.ClH/c1-14(28-2)24(31)29-20-13-34-23-19(27)5-4-6-21(23)30(25(20)32)12-18-17-9-8-16(26)11-15(17)7-10-22(18)33-3;/h4-11,14,20,28H,12-13H2,1-3H3,(H,29,31);1H/t14-,20-;/m0./s1. The molecule has 0 radical (unpaired) electrons. The molecule has 0 fully saturated rings. The third-order valence-corrected chi connectivity index (χ3v) is 6.42. The van der Waals surface area contributed by atoms with E-state index in [0.29, 0.717) is 11.4 Å². The van der Waals surface area contributed by atoms with E-state index in [9.17, 15) is 14.0 Å². The number of anilines is 1. The molecule has 0 aliphatic carbocycles. The normalized spacial score (nSPS) is 16.0. The lowest BCUT2D eigenvalue weighted by Gasteiger charge is -2.27. The zero-order valence-corrected chi connectivity index (χ0v) is 21.8. The predicted octanol–water partition coefficient (Wildman–Crippen LogP) is 4.19. The van der Waals surface area contributed by atoms with Crippen LogP contribution in [0.2, 0.25) is 0 Å². The maximum Gasteiger partial charge on any atom is 0.253 e. The van der Waals surface area contributed by atoms with Crippen LogP contribution in [0.4, 0.5) is 10.1 Å². The lowest BCUT2D eigenvalue weighted by Crippen LogP contribution is -2.53. The van der Waals surface area contributed by atoms with Crippen LogP contribution in [0.1, 0.15) is 12.5 Å². The Kier molecular flexibility index (Phi) is 8.58. The number of likely N-dealkylation sites (N-methyl/N-ethyl adjacent to an activating group) is 1. The summed E-state index contributed by atoms with van der Waals surface area (Å²) in [7, 11) is 3.21. The van der Waals surface area contributed by atoms with Crippen LogP contribution in [0.25, 0.3) is 10.8 Å². The summed E-state index contributed by atoms with van der Waals surface area (Å²) in [5, 5.41) is 7.41. The monoisotopic (exact) mass is 565 g/mol. The minimum Gasteiger partial charge on any atom is -0.496 e. The molecular weight excluding hydrogens is 541 g/mol. The molecule has 7 nitrogen and oxygen atoms in total. The Balaban J connectivity index is 0.00000342. The molecule has 1 aliphatic heterocycles. The molecule has 1 aliphatic rings. The van der Waals surface area contributed by atoms with Gasteiger partial charge in [-0.15, -0.1) is 12.4 Å². The van der Waals surface area contributed by atoms with Crippen LogP contribution in [0.15, 0.2) is 53.0 Å². The Bertz CT molecular complexity index is 1260. The first-order valence-corrected chi connectivity index (χ1v) is 11.6. The molecule has 2 N–H and O–H groups in total. The molecule has 0 saturated heterocycles. The number of benzene rings is 3. The number of carbonyl (C=O) groups is 2. The summed E-state index contributed by atoms with van der Waals surface area (Å²) < 4.78 is 26.9. The van der Waals surface area contributed by atoms with Crippen molar-refractivity contribution in [3.8, 4) is 11.5 Å². The number of fused-ring (bicyclic) bond motifs is 2. The number of amides is 2. The van der Waals surface area contributed by atoms with Crippen LogP contribution in [0.3, 0.4) is 0 Å². The van der Waals surface area contributed by atoms with Crippen LogP contribution in [-0.2, 0) is 16.1 Å². The van der Waals surface area contributed by atoms with Gasteiger partial charge in [0.05, 0.1) is 25.4 Å². The molecule has 3 aromatic rings. The number of halogens is 3. The summed E-state index contributed by atoms with van der Waals surface area (Å²) in [6.45, 7) is 1.59. The molecule has 2 atom stereocenters.